The molecule has 6 heteroatoms. The topological polar surface area (TPSA) is 82.2 Å². The number of nitrogens with one attached hydrogen (secondary N) is 1. The zero-order chi connectivity index (χ0) is 14.3. The Morgan fingerprint density at radius 3 is 2.95 bits per heavy atom. The number of nitrogen functional groups attached to an aromatic ring is 1. The van der Waals surface area contributed by atoms with Gasteiger partial charge in [0.1, 0.15) is 0 Å². The Balaban J connectivity index is 1.87. The second kappa shape index (κ2) is 4.56. The van der Waals surface area contributed by atoms with Crippen molar-refractivity contribution in [3.63, 3.8) is 0 Å². The van der Waals surface area contributed by atoms with Gasteiger partial charge in [-0.05, 0) is 25.5 Å². The van der Waals surface area contributed by atoms with Crippen molar-refractivity contribution in [3.8, 4) is 11.5 Å². The van der Waals surface area contributed by atoms with Crippen LogP contribution in [-0.4, -0.2) is 15.7 Å². The summed E-state index contributed by atoms with van der Waals surface area (Å²) in [6, 6.07) is 3.79. The average Bonchev–Trinajstić information content (AvgIpc) is 2.95. The maximum Gasteiger partial charge on any atom is 0.228 e. The van der Waals surface area contributed by atoms with E-state index < -0.39 is 0 Å². The molecule has 1 aliphatic heterocycles. The zero-order valence-electron chi connectivity index (χ0n) is 11.4. The Bertz CT molecular complexity index is 676. The molecular weight excluding hydrogens is 256 g/mol. The van der Waals surface area contributed by atoms with E-state index in [0.717, 1.165) is 11.3 Å². The highest BCUT2D eigenvalue weighted by atomic mass is 16.5. The Morgan fingerprint density at radius 1 is 1.45 bits per heavy atom. The van der Waals surface area contributed by atoms with E-state index >= 15 is 0 Å². The van der Waals surface area contributed by atoms with Crippen LogP contribution in [0.2, 0.25) is 0 Å². The zero-order valence-corrected chi connectivity index (χ0v) is 11.4. The van der Waals surface area contributed by atoms with E-state index in [1.54, 1.807) is 23.0 Å². The van der Waals surface area contributed by atoms with Crippen LogP contribution < -0.4 is 15.8 Å². The molecule has 2 aromatic rings. The molecule has 0 unspecified atom stereocenters. The van der Waals surface area contributed by atoms with Crippen LogP contribution in [0.25, 0.3) is 0 Å². The molecule has 3 rings (SSSR count). The van der Waals surface area contributed by atoms with Crippen LogP contribution in [0.4, 0.5) is 11.4 Å². The number of amides is 1. The van der Waals surface area contributed by atoms with Gasteiger partial charge in [0.15, 0.2) is 11.5 Å². The number of benzene rings is 1. The number of nitrogens with two attached hydrogens (primary N) is 1. The van der Waals surface area contributed by atoms with E-state index in [2.05, 4.69) is 10.4 Å². The average molecular weight is 272 g/mol. The third kappa shape index (κ3) is 2.20. The van der Waals surface area contributed by atoms with Gasteiger partial charge < -0.3 is 15.8 Å². The summed E-state index contributed by atoms with van der Waals surface area (Å²) in [6.45, 7) is 4.08. The van der Waals surface area contributed by atoms with Crippen LogP contribution in [0.1, 0.15) is 25.5 Å². The van der Waals surface area contributed by atoms with Gasteiger partial charge in [0.2, 0.25) is 5.91 Å². The van der Waals surface area contributed by atoms with Gasteiger partial charge in [-0.3, -0.25) is 9.48 Å². The van der Waals surface area contributed by atoms with Crippen molar-refractivity contribution >= 4 is 17.3 Å². The molecular formula is C14H16N4O2. The number of nitrogens with zero attached hydrogens (tertiary/aromatic N) is 2. The molecule has 0 fully saturated rings. The molecule has 1 aromatic heterocycles. The number of rotatable bonds is 3. The number of carbonyl (C=O) groups excluding carboxylic acids is 1. The molecule has 6 nitrogen and oxygen atoms in total. The van der Waals surface area contributed by atoms with E-state index in [1.165, 1.54) is 0 Å². The molecule has 104 valence electrons. The van der Waals surface area contributed by atoms with Crippen molar-refractivity contribution in [3.05, 3.63) is 30.1 Å². The number of fused-ring (bicyclic) bond motifs is 1. The van der Waals surface area contributed by atoms with E-state index in [0.29, 0.717) is 23.6 Å². The van der Waals surface area contributed by atoms with Gasteiger partial charge in [0, 0.05) is 17.8 Å². The molecule has 0 aliphatic carbocycles. The summed E-state index contributed by atoms with van der Waals surface area (Å²) in [5, 5.41) is 6.99. The van der Waals surface area contributed by atoms with Gasteiger partial charge in [0.05, 0.1) is 24.5 Å². The van der Waals surface area contributed by atoms with Gasteiger partial charge in [-0.1, -0.05) is 0 Å². The first-order chi connectivity index (χ1) is 9.52. The summed E-state index contributed by atoms with van der Waals surface area (Å²) in [5.41, 5.74) is 8.13. The SMILES string of the molecule is CC(C)n1cc(Oc2cc3c(cc2N)CC(=O)N3)cn1. The Hall–Kier alpha value is -2.50. The first-order valence-electron chi connectivity index (χ1n) is 6.47. The Kier molecular flexibility index (Phi) is 2.85. The fourth-order valence-electron chi connectivity index (χ4n) is 2.14. The lowest BCUT2D eigenvalue weighted by Gasteiger charge is -2.09. The second-order valence-corrected chi connectivity index (χ2v) is 5.12. The van der Waals surface area contributed by atoms with Crippen LogP contribution in [0.15, 0.2) is 24.5 Å². The molecule has 1 aromatic carbocycles. The van der Waals surface area contributed by atoms with Gasteiger partial charge in [-0.2, -0.15) is 5.10 Å². The molecule has 2 heterocycles. The molecule has 0 bridgehead atoms. The number of anilines is 2. The van der Waals surface area contributed by atoms with Gasteiger partial charge in [0.25, 0.3) is 0 Å². The summed E-state index contributed by atoms with van der Waals surface area (Å²) < 4.78 is 7.55. The lowest BCUT2D eigenvalue weighted by molar-refractivity contribution is -0.115. The van der Waals surface area contributed by atoms with Gasteiger partial charge >= 0.3 is 0 Å². The molecule has 20 heavy (non-hydrogen) atoms. The summed E-state index contributed by atoms with van der Waals surface area (Å²) >= 11 is 0. The molecule has 0 saturated heterocycles. The maximum atomic E-state index is 11.4. The monoisotopic (exact) mass is 272 g/mol. The summed E-state index contributed by atoms with van der Waals surface area (Å²) in [4.78, 5) is 11.4. The first kappa shape index (κ1) is 12.5. The van der Waals surface area contributed by atoms with E-state index in [-0.39, 0.29) is 11.9 Å². The number of hydrogen-bond acceptors (Lipinski definition) is 4. The number of ether oxygens (including phenoxy) is 1. The molecule has 0 radical (unpaired) electrons. The normalized spacial score (nSPS) is 13.4. The first-order valence-corrected chi connectivity index (χ1v) is 6.47. The van der Waals surface area contributed by atoms with Crippen molar-refractivity contribution in [2.45, 2.75) is 26.3 Å². The largest absolute Gasteiger partial charge is 0.452 e. The van der Waals surface area contributed by atoms with E-state index in [4.69, 9.17) is 10.5 Å². The minimum atomic E-state index is -0.0239. The lowest BCUT2D eigenvalue weighted by Crippen LogP contribution is -2.03. The predicted octanol–water partition coefficient (Wildman–Crippen LogP) is 2.33. The number of hydrogen-bond donors (Lipinski definition) is 2. The number of carbonyl (C=O) groups is 1. The maximum absolute atomic E-state index is 11.4. The van der Waals surface area contributed by atoms with Gasteiger partial charge in [-0.15, -0.1) is 0 Å². The Morgan fingerprint density at radius 2 is 2.25 bits per heavy atom. The summed E-state index contributed by atoms with van der Waals surface area (Å²) in [6.07, 6.45) is 3.83. The fraction of sp³-hybridized carbons (Fsp3) is 0.286. The van der Waals surface area contributed by atoms with Crippen LogP contribution in [-0.2, 0) is 11.2 Å². The highest BCUT2D eigenvalue weighted by molar-refractivity contribution is 6.00. The van der Waals surface area contributed by atoms with E-state index in [9.17, 15) is 4.79 Å². The van der Waals surface area contributed by atoms with Crippen molar-refractivity contribution < 1.29 is 9.53 Å². The van der Waals surface area contributed by atoms with Gasteiger partial charge in [-0.25, -0.2) is 0 Å². The van der Waals surface area contributed by atoms with E-state index in [1.807, 2.05) is 20.0 Å². The molecule has 0 spiro atoms. The van der Waals surface area contributed by atoms with Crippen LogP contribution in [0.3, 0.4) is 0 Å². The number of aromatic nitrogens is 2. The minimum Gasteiger partial charge on any atom is -0.452 e. The van der Waals surface area contributed by atoms with Crippen LogP contribution in [0.5, 0.6) is 11.5 Å². The standard InChI is InChI=1S/C14H16N4O2/c1-8(2)18-7-10(6-16-18)20-13-5-12-9(3-11(13)15)4-14(19)17-12/h3,5-8H,4,15H2,1-2H3,(H,17,19). The van der Waals surface area contributed by atoms with Crippen molar-refractivity contribution in [1.82, 2.24) is 9.78 Å². The molecule has 0 saturated carbocycles. The van der Waals surface area contributed by atoms with Crippen molar-refractivity contribution in [2.75, 3.05) is 11.1 Å². The summed E-state index contributed by atoms with van der Waals surface area (Å²) in [5.74, 6) is 1.12. The molecule has 1 amide bonds. The quantitative estimate of drug-likeness (QED) is 0.840. The third-order valence-electron chi connectivity index (χ3n) is 3.20. The fourth-order valence-corrected chi connectivity index (χ4v) is 2.14. The molecule has 1 aliphatic rings. The lowest BCUT2D eigenvalue weighted by atomic mass is 10.1. The smallest absolute Gasteiger partial charge is 0.228 e. The van der Waals surface area contributed by atoms with Crippen molar-refractivity contribution in [2.24, 2.45) is 0 Å². The van der Waals surface area contributed by atoms with Crippen LogP contribution >= 0.6 is 0 Å². The Labute approximate surface area is 116 Å². The molecule has 0 atom stereocenters. The molecule has 3 N–H and O–H groups in total. The van der Waals surface area contributed by atoms with Crippen LogP contribution in [0, 0.1) is 0 Å². The van der Waals surface area contributed by atoms with Crippen molar-refractivity contribution in [1.29, 1.82) is 0 Å². The minimum absolute atomic E-state index is 0.0239. The predicted molar refractivity (Wildman–Crippen MR) is 75.9 cm³/mol. The highest BCUT2D eigenvalue weighted by Gasteiger charge is 2.20. The third-order valence-corrected chi connectivity index (χ3v) is 3.20. The second-order valence-electron chi connectivity index (χ2n) is 5.12. The summed E-state index contributed by atoms with van der Waals surface area (Å²) in [7, 11) is 0. The highest BCUT2D eigenvalue weighted by Crippen LogP contribution is 2.35.